The van der Waals surface area contributed by atoms with Crippen LogP contribution in [0.15, 0.2) is 36.4 Å². The Morgan fingerprint density at radius 2 is 2.16 bits per heavy atom. The van der Waals surface area contributed by atoms with Crippen LogP contribution in [0.25, 0.3) is 10.9 Å². The number of Topliss-reactive ketones (excluding diaryl/α,β-unsaturated/α-hetero) is 1. The van der Waals surface area contributed by atoms with Crippen molar-refractivity contribution in [1.82, 2.24) is 10.3 Å². The highest BCUT2D eigenvalue weighted by Crippen LogP contribution is 2.20. The zero-order valence-corrected chi connectivity index (χ0v) is 11.0. The molecule has 3 rings (SSSR count). The predicted molar refractivity (Wildman–Crippen MR) is 76.4 cm³/mol. The van der Waals surface area contributed by atoms with Crippen LogP contribution in [0.5, 0.6) is 0 Å². The number of carbonyl (C=O) groups is 1. The maximum atomic E-state index is 11.7. The Hall–Kier alpha value is -1.94. The Balaban J connectivity index is 1.99. The summed E-state index contributed by atoms with van der Waals surface area (Å²) in [6.45, 7) is 4.05. The monoisotopic (exact) mass is 255 g/mol. The number of pyridine rings is 1. The summed E-state index contributed by atoms with van der Waals surface area (Å²) in [5, 5.41) is 4.39. The van der Waals surface area contributed by atoms with Gasteiger partial charge in [-0.2, -0.15) is 0 Å². The second kappa shape index (κ2) is 4.97. The van der Waals surface area contributed by atoms with E-state index in [0.29, 0.717) is 6.54 Å². The highest BCUT2D eigenvalue weighted by molar-refractivity contribution is 5.86. The number of anilines is 1. The number of carbonyl (C=O) groups excluding carboxylic acids is 1. The Kier molecular flexibility index (Phi) is 3.17. The standard InChI is InChI=1S/C15H17N3O/c1-11(19)14-10-16-8-9-18(14)15-7-6-12-4-2-3-5-13(12)17-15/h2-7,14,16H,8-10H2,1H3. The summed E-state index contributed by atoms with van der Waals surface area (Å²) in [6.07, 6.45) is 0. The molecule has 1 fully saturated rings. The first-order valence-electron chi connectivity index (χ1n) is 6.59. The van der Waals surface area contributed by atoms with Gasteiger partial charge in [0.05, 0.1) is 5.52 Å². The van der Waals surface area contributed by atoms with Crippen molar-refractivity contribution < 1.29 is 4.79 Å². The van der Waals surface area contributed by atoms with Crippen molar-refractivity contribution in [3.63, 3.8) is 0 Å². The first-order valence-corrected chi connectivity index (χ1v) is 6.59. The maximum Gasteiger partial charge on any atom is 0.153 e. The molecule has 1 unspecified atom stereocenters. The van der Waals surface area contributed by atoms with Crippen LogP contribution < -0.4 is 10.2 Å². The third-order valence-electron chi connectivity index (χ3n) is 3.59. The molecule has 1 N–H and O–H groups in total. The van der Waals surface area contributed by atoms with Gasteiger partial charge in [0.2, 0.25) is 0 Å². The third-order valence-corrected chi connectivity index (χ3v) is 3.59. The molecule has 98 valence electrons. The average molecular weight is 255 g/mol. The molecule has 0 aliphatic carbocycles. The number of nitrogens with zero attached hydrogens (tertiary/aromatic N) is 2. The van der Waals surface area contributed by atoms with E-state index in [2.05, 4.69) is 21.3 Å². The summed E-state index contributed by atoms with van der Waals surface area (Å²) in [5.41, 5.74) is 0.973. The second-order valence-electron chi connectivity index (χ2n) is 4.89. The van der Waals surface area contributed by atoms with E-state index in [4.69, 9.17) is 0 Å². The topological polar surface area (TPSA) is 45.2 Å². The lowest BCUT2D eigenvalue weighted by Crippen LogP contribution is -2.54. The first-order chi connectivity index (χ1) is 9.25. The number of ketones is 1. The van der Waals surface area contributed by atoms with Crippen molar-refractivity contribution in [2.75, 3.05) is 24.5 Å². The number of aromatic nitrogens is 1. The van der Waals surface area contributed by atoms with Crippen LogP contribution in [0.4, 0.5) is 5.82 Å². The van der Waals surface area contributed by atoms with Crippen molar-refractivity contribution in [2.24, 2.45) is 0 Å². The summed E-state index contributed by atoms with van der Waals surface area (Å²) in [4.78, 5) is 18.5. The van der Waals surface area contributed by atoms with Gasteiger partial charge in [0, 0.05) is 25.0 Å². The van der Waals surface area contributed by atoms with Crippen molar-refractivity contribution in [2.45, 2.75) is 13.0 Å². The molecule has 0 bridgehead atoms. The van der Waals surface area contributed by atoms with E-state index in [0.717, 1.165) is 29.8 Å². The molecule has 19 heavy (non-hydrogen) atoms. The molecule has 1 atom stereocenters. The van der Waals surface area contributed by atoms with Crippen molar-refractivity contribution in [1.29, 1.82) is 0 Å². The van der Waals surface area contributed by atoms with E-state index in [1.807, 2.05) is 30.3 Å². The zero-order chi connectivity index (χ0) is 13.2. The van der Waals surface area contributed by atoms with Gasteiger partial charge in [-0.25, -0.2) is 4.98 Å². The SMILES string of the molecule is CC(=O)C1CNCCN1c1ccc2ccccc2n1. The lowest BCUT2D eigenvalue weighted by atomic mass is 10.1. The molecular formula is C15H17N3O. The van der Waals surface area contributed by atoms with Gasteiger partial charge < -0.3 is 10.2 Å². The summed E-state index contributed by atoms with van der Waals surface area (Å²) < 4.78 is 0. The molecule has 4 heteroatoms. The molecule has 0 saturated carbocycles. The smallest absolute Gasteiger partial charge is 0.153 e. The van der Waals surface area contributed by atoms with Gasteiger partial charge in [0.15, 0.2) is 5.78 Å². The molecule has 1 saturated heterocycles. The van der Waals surface area contributed by atoms with E-state index < -0.39 is 0 Å². The van der Waals surface area contributed by atoms with Crippen LogP contribution >= 0.6 is 0 Å². The number of para-hydroxylation sites is 1. The van der Waals surface area contributed by atoms with Crippen LogP contribution in [-0.2, 0) is 4.79 Å². The van der Waals surface area contributed by atoms with Gasteiger partial charge in [-0.1, -0.05) is 18.2 Å². The van der Waals surface area contributed by atoms with Gasteiger partial charge >= 0.3 is 0 Å². The number of hydrogen-bond acceptors (Lipinski definition) is 4. The first kappa shape index (κ1) is 12.1. The molecule has 1 aromatic carbocycles. The zero-order valence-electron chi connectivity index (χ0n) is 11.0. The van der Waals surface area contributed by atoms with Crippen LogP contribution in [-0.4, -0.2) is 36.4 Å². The van der Waals surface area contributed by atoms with E-state index in [1.54, 1.807) is 6.92 Å². The summed E-state index contributed by atoms with van der Waals surface area (Å²) in [7, 11) is 0. The number of hydrogen-bond donors (Lipinski definition) is 1. The lowest BCUT2D eigenvalue weighted by molar-refractivity contribution is -0.118. The van der Waals surface area contributed by atoms with E-state index in [1.165, 1.54) is 0 Å². The largest absolute Gasteiger partial charge is 0.344 e. The van der Waals surface area contributed by atoms with Crippen LogP contribution in [0.2, 0.25) is 0 Å². The fourth-order valence-corrected chi connectivity index (χ4v) is 2.56. The van der Waals surface area contributed by atoms with Gasteiger partial charge in [0.25, 0.3) is 0 Å². The van der Waals surface area contributed by atoms with Crippen LogP contribution in [0, 0.1) is 0 Å². The number of rotatable bonds is 2. The number of benzene rings is 1. The van der Waals surface area contributed by atoms with Crippen LogP contribution in [0.3, 0.4) is 0 Å². The van der Waals surface area contributed by atoms with E-state index >= 15 is 0 Å². The fourth-order valence-electron chi connectivity index (χ4n) is 2.56. The van der Waals surface area contributed by atoms with Gasteiger partial charge in [-0.15, -0.1) is 0 Å². The van der Waals surface area contributed by atoms with Crippen molar-refractivity contribution >= 4 is 22.5 Å². The van der Waals surface area contributed by atoms with Crippen molar-refractivity contribution in [3.8, 4) is 0 Å². The molecule has 0 spiro atoms. The third kappa shape index (κ3) is 2.31. The Morgan fingerprint density at radius 3 is 3.00 bits per heavy atom. The molecule has 0 amide bonds. The van der Waals surface area contributed by atoms with Crippen molar-refractivity contribution in [3.05, 3.63) is 36.4 Å². The molecule has 1 aliphatic rings. The van der Waals surface area contributed by atoms with E-state index in [9.17, 15) is 4.79 Å². The van der Waals surface area contributed by atoms with E-state index in [-0.39, 0.29) is 11.8 Å². The number of fused-ring (bicyclic) bond motifs is 1. The second-order valence-corrected chi connectivity index (χ2v) is 4.89. The quantitative estimate of drug-likeness (QED) is 0.885. The maximum absolute atomic E-state index is 11.7. The molecule has 0 radical (unpaired) electrons. The molecule has 4 nitrogen and oxygen atoms in total. The molecule has 1 aliphatic heterocycles. The summed E-state index contributed by atoms with van der Waals surface area (Å²) in [6, 6.07) is 12.0. The fraction of sp³-hybridized carbons (Fsp3) is 0.333. The number of nitrogens with one attached hydrogen (secondary N) is 1. The Labute approximate surface area is 112 Å². The van der Waals surface area contributed by atoms with Gasteiger partial charge in [-0.3, -0.25) is 4.79 Å². The minimum Gasteiger partial charge on any atom is -0.344 e. The minimum atomic E-state index is -0.109. The van der Waals surface area contributed by atoms with Gasteiger partial charge in [-0.05, 0) is 25.1 Å². The molecule has 2 aromatic rings. The minimum absolute atomic E-state index is 0.109. The average Bonchev–Trinajstić information content (AvgIpc) is 2.46. The normalized spacial score (nSPS) is 19.6. The summed E-state index contributed by atoms with van der Waals surface area (Å²) in [5.74, 6) is 1.07. The number of piperazine rings is 1. The predicted octanol–water partition coefficient (Wildman–Crippen LogP) is 1.60. The highest BCUT2D eigenvalue weighted by Gasteiger charge is 2.26. The molecule has 2 heterocycles. The summed E-state index contributed by atoms with van der Waals surface area (Å²) >= 11 is 0. The highest BCUT2D eigenvalue weighted by atomic mass is 16.1. The van der Waals surface area contributed by atoms with Crippen LogP contribution in [0.1, 0.15) is 6.92 Å². The van der Waals surface area contributed by atoms with Gasteiger partial charge in [0.1, 0.15) is 11.9 Å². The molecular weight excluding hydrogens is 238 g/mol. The molecule has 1 aromatic heterocycles. The lowest BCUT2D eigenvalue weighted by Gasteiger charge is -2.35. The Morgan fingerprint density at radius 1 is 1.32 bits per heavy atom. The Bertz CT molecular complexity index is 611.